The maximum Gasteiger partial charge on any atom is 0.226 e. The Hall–Kier alpha value is -2.54. The number of benzene rings is 1. The second-order valence-corrected chi connectivity index (χ2v) is 5.18. The number of nitrogens with one attached hydrogen (secondary N) is 3. The van der Waals surface area contributed by atoms with Crippen molar-refractivity contribution >= 4 is 23.2 Å². The predicted molar refractivity (Wildman–Crippen MR) is 84.9 cm³/mol. The fraction of sp³-hybridized carbons (Fsp3) is 0.333. The van der Waals surface area contributed by atoms with Crippen molar-refractivity contribution in [2.24, 2.45) is 17.5 Å². The molecule has 1 saturated carbocycles. The molecular formula is C15H21N5O2. The molecule has 118 valence electrons. The van der Waals surface area contributed by atoms with Gasteiger partial charge in [0.1, 0.15) is 0 Å². The summed E-state index contributed by atoms with van der Waals surface area (Å²) in [6.45, 7) is 0.332. The fourth-order valence-corrected chi connectivity index (χ4v) is 2.01. The van der Waals surface area contributed by atoms with Crippen molar-refractivity contribution in [3.63, 3.8) is 0 Å². The van der Waals surface area contributed by atoms with Crippen LogP contribution in [0, 0.1) is 5.92 Å². The van der Waals surface area contributed by atoms with Gasteiger partial charge >= 0.3 is 0 Å². The topological polar surface area (TPSA) is 122 Å². The molecule has 1 aliphatic carbocycles. The third-order valence-electron chi connectivity index (χ3n) is 3.35. The molecule has 1 aromatic carbocycles. The van der Waals surface area contributed by atoms with Crippen molar-refractivity contribution in [2.75, 3.05) is 11.9 Å². The SMILES string of the molecule is NN/C=C(\N)c1ccccc1NC(=O)CCNC(=O)C1CC1. The Bertz CT molecular complexity index is 581. The van der Waals surface area contributed by atoms with Crippen LogP contribution >= 0.6 is 0 Å². The summed E-state index contributed by atoms with van der Waals surface area (Å²) in [4.78, 5) is 23.4. The van der Waals surface area contributed by atoms with Crippen LogP contribution < -0.4 is 27.6 Å². The first-order chi connectivity index (χ1) is 10.6. The third-order valence-corrected chi connectivity index (χ3v) is 3.35. The van der Waals surface area contributed by atoms with Crippen molar-refractivity contribution in [2.45, 2.75) is 19.3 Å². The lowest BCUT2D eigenvalue weighted by Crippen LogP contribution is -2.28. The van der Waals surface area contributed by atoms with Gasteiger partial charge in [0.25, 0.3) is 0 Å². The van der Waals surface area contributed by atoms with Gasteiger partial charge in [0.2, 0.25) is 11.8 Å². The van der Waals surface area contributed by atoms with E-state index >= 15 is 0 Å². The Balaban J connectivity index is 1.88. The standard InChI is InChI=1S/C15H21N5O2/c16-12(9-19-17)11-3-1-2-4-13(11)20-14(21)7-8-18-15(22)10-5-6-10/h1-4,9-10,19H,5-8,16-17H2,(H,18,22)(H,20,21)/b12-9-. The summed E-state index contributed by atoms with van der Waals surface area (Å²) < 4.78 is 0. The number of hydrogen-bond acceptors (Lipinski definition) is 5. The number of amides is 2. The minimum atomic E-state index is -0.183. The summed E-state index contributed by atoms with van der Waals surface area (Å²) in [5.74, 6) is 5.21. The number of anilines is 1. The molecule has 1 fully saturated rings. The molecule has 0 spiro atoms. The van der Waals surface area contributed by atoms with Crippen molar-refractivity contribution in [1.82, 2.24) is 10.7 Å². The van der Waals surface area contributed by atoms with Crippen molar-refractivity contribution in [3.8, 4) is 0 Å². The zero-order valence-electron chi connectivity index (χ0n) is 12.3. The van der Waals surface area contributed by atoms with E-state index < -0.39 is 0 Å². The number of carbonyl (C=O) groups is 2. The summed E-state index contributed by atoms with van der Waals surface area (Å²) in [7, 11) is 0. The van der Waals surface area contributed by atoms with Crippen LogP contribution in [0.1, 0.15) is 24.8 Å². The molecule has 22 heavy (non-hydrogen) atoms. The summed E-state index contributed by atoms with van der Waals surface area (Å²) in [5.41, 5.74) is 9.93. The molecule has 1 aromatic rings. The molecule has 0 atom stereocenters. The normalized spacial score (nSPS) is 14.3. The summed E-state index contributed by atoms with van der Waals surface area (Å²) in [5, 5.41) is 5.55. The van der Waals surface area contributed by atoms with E-state index in [2.05, 4.69) is 16.1 Å². The van der Waals surface area contributed by atoms with Gasteiger partial charge in [-0.3, -0.25) is 15.4 Å². The summed E-state index contributed by atoms with van der Waals surface area (Å²) in [6.07, 6.45) is 3.56. The maximum atomic E-state index is 11.9. The van der Waals surface area contributed by atoms with Gasteiger partial charge in [-0.05, 0) is 18.9 Å². The average Bonchev–Trinajstić information content (AvgIpc) is 3.32. The van der Waals surface area contributed by atoms with Gasteiger partial charge < -0.3 is 21.8 Å². The number of para-hydroxylation sites is 1. The van der Waals surface area contributed by atoms with Gasteiger partial charge in [0, 0.05) is 30.6 Å². The third kappa shape index (κ3) is 4.49. The smallest absolute Gasteiger partial charge is 0.226 e. The van der Waals surface area contributed by atoms with Crippen LogP contribution in [0.5, 0.6) is 0 Å². The van der Waals surface area contributed by atoms with Crippen LogP contribution in [0.2, 0.25) is 0 Å². The largest absolute Gasteiger partial charge is 0.397 e. The average molecular weight is 303 g/mol. The molecule has 7 heteroatoms. The van der Waals surface area contributed by atoms with E-state index in [4.69, 9.17) is 11.6 Å². The molecule has 2 amide bonds. The lowest BCUT2D eigenvalue weighted by Gasteiger charge is -2.11. The van der Waals surface area contributed by atoms with E-state index in [1.807, 2.05) is 6.07 Å². The predicted octanol–water partition coefficient (Wildman–Crippen LogP) is 0.262. The molecule has 0 aliphatic heterocycles. The van der Waals surface area contributed by atoms with E-state index in [0.29, 0.717) is 23.5 Å². The Morgan fingerprint density at radius 2 is 2.00 bits per heavy atom. The number of carbonyl (C=O) groups excluding carboxylic acids is 2. The molecule has 0 heterocycles. The first-order valence-corrected chi connectivity index (χ1v) is 7.20. The van der Waals surface area contributed by atoms with Crippen LogP contribution in [0.25, 0.3) is 5.70 Å². The zero-order valence-corrected chi connectivity index (χ0v) is 12.3. The molecule has 7 N–H and O–H groups in total. The van der Waals surface area contributed by atoms with Crippen LogP contribution in [0.3, 0.4) is 0 Å². The number of rotatable bonds is 7. The van der Waals surface area contributed by atoms with Crippen molar-refractivity contribution in [1.29, 1.82) is 0 Å². The van der Waals surface area contributed by atoms with Gasteiger partial charge in [0.15, 0.2) is 0 Å². The quantitative estimate of drug-likeness (QED) is 0.365. The highest BCUT2D eigenvalue weighted by atomic mass is 16.2. The zero-order chi connectivity index (χ0) is 15.9. The van der Waals surface area contributed by atoms with E-state index in [1.165, 1.54) is 6.20 Å². The van der Waals surface area contributed by atoms with E-state index in [1.54, 1.807) is 18.2 Å². The second-order valence-electron chi connectivity index (χ2n) is 5.18. The highest BCUT2D eigenvalue weighted by Crippen LogP contribution is 2.28. The highest BCUT2D eigenvalue weighted by molar-refractivity contribution is 5.94. The monoisotopic (exact) mass is 303 g/mol. The molecule has 7 nitrogen and oxygen atoms in total. The molecule has 0 bridgehead atoms. The van der Waals surface area contributed by atoms with Gasteiger partial charge in [-0.15, -0.1) is 0 Å². The Labute approximate surface area is 129 Å². The lowest BCUT2D eigenvalue weighted by molar-refractivity contribution is -0.122. The molecule has 2 rings (SSSR count). The molecule has 1 aliphatic rings. The first kappa shape index (κ1) is 15.8. The van der Waals surface area contributed by atoms with E-state index in [0.717, 1.165) is 12.8 Å². The lowest BCUT2D eigenvalue weighted by atomic mass is 10.1. The Kier molecular flexibility index (Phi) is 5.37. The van der Waals surface area contributed by atoms with Gasteiger partial charge in [-0.25, -0.2) is 0 Å². The highest BCUT2D eigenvalue weighted by Gasteiger charge is 2.29. The summed E-state index contributed by atoms with van der Waals surface area (Å²) >= 11 is 0. The van der Waals surface area contributed by atoms with E-state index in [-0.39, 0.29) is 24.2 Å². The molecule has 0 saturated heterocycles. The minimum Gasteiger partial charge on any atom is -0.397 e. The van der Waals surface area contributed by atoms with Crippen LogP contribution in [0.4, 0.5) is 5.69 Å². The van der Waals surface area contributed by atoms with Crippen molar-refractivity contribution in [3.05, 3.63) is 36.0 Å². The molecular weight excluding hydrogens is 282 g/mol. The molecule has 0 aromatic heterocycles. The maximum absolute atomic E-state index is 11.9. The first-order valence-electron chi connectivity index (χ1n) is 7.20. The number of hydrogen-bond donors (Lipinski definition) is 5. The van der Waals surface area contributed by atoms with Crippen molar-refractivity contribution < 1.29 is 9.59 Å². The molecule has 0 unspecified atom stereocenters. The molecule has 0 radical (unpaired) electrons. The second kappa shape index (κ2) is 7.46. The number of nitrogens with two attached hydrogens (primary N) is 2. The number of hydrazine groups is 1. The fourth-order valence-electron chi connectivity index (χ4n) is 2.01. The van der Waals surface area contributed by atoms with Gasteiger partial charge in [-0.2, -0.15) is 0 Å². The van der Waals surface area contributed by atoms with Crippen LogP contribution in [-0.4, -0.2) is 18.4 Å². The van der Waals surface area contributed by atoms with Crippen LogP contribution in [0.15, 0.2) is 30.5 Å². The van der Waals surface area contributed by atoms with E-state index in [9.17, 15) is 9.59 Å². The Morgan fingerprint density at radius 1 is 1.27 bits per heavy atom. The minimum absolute atomic E-state index is 0.0365. The Morgan fingerprint density at radius 3 is 2.68 bits per heavy atom. The van der Waals surface area contributed by atoms with Gasteiger partial charge in [-0.1, -0.05) is 18.2 Å². The van der Waals surface area contributed by atoms with Crippen LogP contribution in [-0.2, 0) is 9.59 Å². The van der Waals surface area contributed by atoms with Gasteiger partial charge in [0.05, 0.1) is 11.4 Å². The summed E-state index contributed by atoms with van der Waals surface area (Å²) in [6, 6.07) is 7.16.